The fourth-order valence-corrected chi connectivity index (χ4v) is 4.97. The van der Waals surface area contributed by atoms with Crippen LogP contribution in [-0.2, 0) is 14.8 Å². The van der Waals surface area contributed by atoms with Crippen molar-refractivity contribution in [1.29, 1.82) is 0 Å². The van der Waals surface area contributed by atoms with Crippen LogP contribution in [0.5, 0.6) is 5.75 Å². The van der Waals surface area contributed by atoms with E-state index in [4.69, 9.17) is 4.74 Å². The molecule has 1 atom stereocenters. The Hall–Kier alpha value is -1.60. The molecule has 126 valence electrons. The number of amides is 1. The van der Waals surface area contributed by atoms with Gasteiger partial charge in [-0.15, -0.1) is 0 Å². The van der Waals surface area contributed by atoms with Crippen LogP contribution < -0.4 is 9.64 Å². The van der Waals surface area contributed by atoms with Gasteiger partial charge in [0, 0.05) is 19.1 Å². The first-order valence-corrected chi connectivity index (χ1v) is 9.48. The van der Waals surface area contributed by atoms with E-state index in [1.807, 2.05) is 13.8 Å². The van der Waals surface area contributed by atoms with E-state index in [2.05, 4.69) is 0 Å². The number of hydrogen-bond acceptors (Lipinski definition) is 4. The van der Waals surface area contributed by atoms with Crippen LogP contribution in [0.2, 0.25) is 0 Å². The molecule has 2 aliphatic heterocycles. The summed E-state index contributed by atoms with van der Waals surface area (Å²) in [5, 5.41) is 0. The Labute approximate surface area is 137 Å². The lowest BCUT2D eigenvalue weighted by Crippen LogP contribution is -2.42. The fraction of sp³-hybridized carbons (Fsp3) is 0.562. The molecule has 3 rings (SSSR count). The van der Waals surface area contributed by atoms with Gasteiger partial charge in [0.2, 0.25) is 10.0 Å². The lowest BCUT2D eigenvalue weighted by molar-refractivity contribution is -0.121. The zero-order valence-corrected chi connectivity index (χ0v) is 14.3. The molecule has 1 aromatic carbocycles. The second-order valence-electron chi connectivity index (χ2n) is 6.02. The highest BCUT2D eigenvalue weighted by Crippen LogP contribution is 2.35. The van der Waals surface area contributed by atoms with Gasteiger partial charge in [0.1, 0.15) is 5.75 Å². The second-order valence-corrected chi connectivity index (χ2v) is 7.91. The summed E-state index contributed by atoms with van der Waals surface area (Å²) in [5.74, 6) is 0.401. The lowest BCUT2D eigenvalue weighted by Gasteiger charge is -2.33. The van der Waals surface area contributed by atoms with E-state index in [1.165, 1.54) is 0 Å². The number of benzene rings is 1. The smallest absolute Gasteiger partial charge is 0.265 e. The van der Waals surface area contributed by atoms with Gasteiger partial charge in [-0.2, -0.15) is 4.31 Å². The molecule has 0 radical (unpaired) electrons. The van der Waals surface area contributed by atoms with Crippen LogP contribution in [-0.4, -0.2) is 44.4 Å². The van der Waals surface area contributed by atoms with Crippen LogP contribution in [0.25, 0.3) is 0 Å². The van der Waals surface area contributed by atoms with Crippen molar-refractivity contribution in [3.05, 3.63) is 18.2 Å². The van der Waals surface area contributed by atoms with Crippen LogP contribution in [0.1, 0.15) is 33.1 Å². The maximum Gasteiger partial charge on any atom is 0.265 e. The number of carbonyl (C=O) groups excluding carboxylic acids is 1. The highest BCUT2D eigenvalue weighted by Gasteiger charge is 2.33. The Bertz CT molecular complexity index is 717. The first-order valence-electron chi connectivity index (χ1n) is 8.04. The highest BCUT2D eigenvalue weighted by atomic mass is 32.2. The van der Waals surface area contributed by atoms with Crippen molar-refractivity contribution >= 4 is 21.6 Å². The topological polar surface area (TPSA) is 66.9 Å². The summed E-state index contributed by atoms with van der Waals surface area (Å²) in [6, 6.07) is 4.78. The van der Waals surface area contributed by atoms with Gasteiger partial charge < -0.3 is 9.64 Å². The van der Waals surface area contributed by atoms with Gasteiger partial charge in [0.05, 0.1) is 10.6 Å². The zero-order valence-electron chi connectivity index (χ0n) is 13.5. The van der Waals surface area contributed by atoms with Crippen molar-refractivity contribution in [1.82, 2.24) is 4.31 Å². The minimum absolute atomic E-state index is 0.00387. The normalized spacial score (nSPS) is 22.6. The van der Waals surface area contributed by atoms with Gasteiger partial charge in [-0.05, 0) is 44.9 Å². The Balaban J connectivity index is 2.01. The van der Waals surface area contributed by atoms with Crippen molar-refractivity contribution in [2.75, 3.05) is 24.6 Å². The molecule has 0 aliphatic carbocycles. The molecule has 0 spiro atoms. The molecule has 1 saturated heterocycles. The molecule has 23 heavy (non-hydrogen) atoms. The van der Waals surface area contributed by atoms with E-state index in [-0.39, 0.29) is 23.5 Å². The molecular weight excluding hydrogens is 316 g/mol. The summed E-state index contributed by atoms with van der Waals surface area (Å²) < 4.78 is 32.9. The first-order chi connectivity index (χ1) is 10.9. The third kappa shape index (κ3) is 2.83. The van der Waals surface area contributed by atoms with Gasteiger partial charge >= 0.3 is 0 Å². The largest absolute Gasteiger partial charge is 0.482 e. The third-order valence-corrected chi connectivity index (χ3v) is 6.55. The Kier molecular flexibility index (Phi) is 4.33. The van der Waals surface area contributed by atoms with E-state index in [0.29, 0.717) is 24.5 Å². The molecule has 1 fully saturated rings. The average molecular weight is 338 g/mol. The first kappa shape index (κ1) is 16.3. The van der Waals surface area contributed by atoms with Crippen LogP contribution in [0.3, 0.4) is 0 Å². The Morgan fingerprint density at radius 2 is 2.09 bits per heavy atom. The molecule has 7 heteroatoms. The number of hydrogen-bond donors (Lipinski definition) is 0. The van der Waals surface area contributed by atoms with Gasteiger partial charge in [-0.1, -0.05) is 6.42 Å². The highest BCUT2D eigenvalue weighted by molar-refractivity contribution is 7.89. The molecule has 0 saturated carbocycles. The quantitative estimate of drug-likeness (QED) is 0.845. The van der Waals surface area contributed by atoms with Crippen molar-refractivity contribution in [3.8, 4) is 5.75 Å². The van der Waals surface area contributed by atoms with Crippen molar-refractivity contribution < 1.29 is 17.9 Å². The van der Waals surface area contributed by atoms with Crippen LogP contribution >= 0.6 is 0 Å². The number of rotatable bonds is 3. The molecule has 0 aromatic heterocycles. The van der Waals surface area contributed by atoms with Gasteiger partial charge in [-0.25, -0.2) is 8.42 Å². The number of likely N-dealkylation sites (N-methyl/N-ethyl adjacent to an activating group) is 1. The maximum absolute atomic E-state index is 12.9. The number of carbonyl (C=O) groups is 1. The molecule has 1 amide bonds. The number of fused-ring (bicyclic) bond motifs is 1. The molecule has 2 heterocycles. The summed E-state index contributed by atoms with van der Waals surface area (Å²) in [4.78, 5) is 13.7. The fourth-order valence-electron chi connectivity index (χ4n) is 3.25. The van der Waals surface area contributed by atoms with E-state index in [0.717, 1.165) is 19.3 Å². The average Bonchev–Trinajstić information content (AvgIpc) is 2.54. The third-order valence-electron chi connectivity index (χ3n) is 4.54. The molecular formula is C16H22N2O4S. The van der Waals surface area contributed by atoms with Gasteiger partial charge in [0.25, 0.3) is 5.91 Å². The van der Waals surface area contributed by atoms with Crippen LogP contribution in [0.15, 0.2) is 23.1 Å². The predicted molar refractivity (Wildman–Crippen MR) is 87.2 cm³/mol. The summed E-state index contributed by atoms with van der Waals surface area (Å²) in [7, 11) is -3.55. The molecule has 1 aromatic rings. The molecule has 0 bridgehead atoms. The zero-order chi connectivity index (χ0) is 16.6. The standard InChI is InChI=1S/C16H22N2O4S/c1-3-17-14-10-13(7-8-15(14)22-11-16(17)19)23(20,21)18-9-5-4-6-12(18)2/h7-8,10,12H,3-6,9,11H2,1-2H3. The number of ether oxygens (including phenoxy) is 1. The van der Waals surface area contributed by atoms with Crippen molar-refractivity contribution in [3.63, 3.8) is 0 Å². The minimum atomic E-state index is -3.55. The number of nitrogens with zero attached hydrogens (tertiary/aromatic N) is 2. The van der Waals surface area contributed by atoms with Gasteiger partial charge in [-0.3, -0.25) is 4.79 Å². The van der Waals surface area contributed by atoms with Crippen molar-refractivity contribution in [2.45, 2.75) is 44.0 Å². The summed E-state index contributed by atoms with van der Waals surface area (Å²) in [6.45, 7) is 4.84. The number of sulfonamides is 1. The Morgan fingerprint density at radius 1 is 1.30 bits per heavy atom. The molecule has 2 aliphatic rings. The summed E-state index contributed by atoms with van der Waals surface area (Å²) >= 11 is 0. The summed E-state index contributed by atoms with van der Waals surface area (Å²) in [5.41, 5.74) is 0.537. The Morgan fingerprint density at radius 3 is 2.78 bits per heavy atom. The number of piperidine rings is 1. The van der Waals surface area contributed by atoms with Crippen LogP contribution in [0.4, 0.5) is 5.69 Å². The molecule has 0 N–H and O–H groups in total. The van der Waals surface area contributed by atoms with Crippen LogP contribution in [0, 0.1) is 0 Å². The van der Waals surface area contributed by atoms with E-state index >= 15 is 0 Å². The lowest BCUT2D eigenvalue weighted by atomic mass is 10.1. The summed E-state index contributed by atoms with van der Waals surface area (Å²) in [6.07, 6.45) is 2.83. The predicted octanol–water partition coefficient (Wildman–Crippen LogP) is 1.99. The second kappa shape index (κ2) is 6.13. The molecule has 1 unspecified atom stereocenters. The van der Waals surface area contributed by atoms with E-state index < -0.39 is 10.0 Å². The minimum Gasteiger partial charge on any atom is -0.482 e. The number of anilines is 1. The van der Waals surface area contributed by atoms with Gasteiger partial charge in [0.15, 0.2) is 6.61 Å². The van der Waals surface area contributed by atoms with Crippen molar-refractivity contribution in [2.24, 2.45) is 0 Å². The SMILES string of the molecule is CCN1C(=O)COc2ccc(S(=O)(=O)N3CCCCC3C)cc21. The maximum atomic E-state index is 12.9. The molecule has 6 nitrogen and oxygen atoms in total. The van der Waals surface area contributed by atoms with E-state index in [9.17, 15) is 13.2 Å². The van der Waals surface area contributed by atoms with E-state index in [1.54, 1.807) is 27.4 Å². The monoisotopic (exact) mass is 338 g/mol.